The standard InChI is InChI=1S/C16H14N2O/c19-16-17-15(13-7-3-1-4-8-13)11-12-18(16)14-9-5-2-6-10-14/h1-10H,11-12H2. The highest BCUT2D eigenvalue weighted by Crippen LogP contribution is 2.19. The van der Waals surface area contributed by atoms with Gasteiger partial charge in [-0.05, 0) is 17.7 Å². The first-order chi connectivity index (χ1) is 9.34. The monoisotopic (exact) mass is 250 g/mol. The van der Waals surface area contributed by atoms with Gasteiger partial charge < -0.3 is 0 Å². The highest BCUT2D eigenvalue weighted by molar-refractivity contribution is 6.11. The summed E-state index contributed by atoms with van der Waals surface area (Å²) in [5.74, 6) is 0. The van der Waals surface area contributed by atoms with Gasteiger partial charge in [0.25, 0.3) is 0 Å². The van der Waals surface area contributed by atoms with Crippen molar-refractivity contribution >= 4 is 17.4 Å². The largest absolute Gasteiger partial charge is 0.348 e. The molecule has 3 rings (SSSR count). The zero-order valence-corrected chi connectivity index (χ0v) is 10.5. The molecule has 0 N–H and O–H groups in total. The molecule has 2 amide bonds. The fourth-order valence-corrected chi connectivity index (χ4v) is 2.23. The van der Waals surface area contributed by atoms with Crippen molar-refractivity contribution in [1.29, 1.82) is 0 Å². The highest BCUT2D eigenvalue weighted by atomic mass is 16.2. The van der Waals surface area contributed by atoms with Crippen molar-refractivity contribution in [3.8, 4) is 0 Å². The van der Waals surface area contributed by atoms with E-state index in [-0.39, 0.29) is 6.03 Å². The van der Waals surface area contributed by atoms with Crippen LogP contribution in [0.1, 0.15) is 12.0 Å². The summed E-state index contributed by atoms with van der Waals surface area (Å²) >= 11 is 0. The topological polar surface area (TPSA) is 32.7 Å². The molecule has 3 nitrogen and oxygen atoms in total. The van der Waals surface area contributed by atoms with E-state index in [0.29, 0.717) is 6.54 Å². The Labute approximate surface area is 112 Å². The van der Waals surface area contributed by atoms with Gasteiger partial charge in [-0.3, -0.25) is 4.90 Å². The average Bonchev–Trinajstić information content (AvgIpc) is 2.49. The molecule has 2 aromatic carbocycles. The van der Waals surface area contributed by atoms with Crippen LogP contribution in [0.4, 0.5) is 10.5 Å². The number of amides is 2. The zero-order chi connectivity index (χ0) is 13.1. The van der Waals surface area contributed by atoms with Crippen LogP contribution in [0, 0.1) is 0 Å². The van der Waals surface area contributed by atoms with E-state index in [9.17, 15) is 4.79 Å². The fourth-order valence-electron chi connectivity index (χ4n) is 2.23. The number of urea groups is 1. The summed E-state index contributed by atoms with van der Waals surface area (Å²) in [5, 5.41) is 0. The molecule has 2 aromatic rings. The zero-order valence-electron chi connectivity index (χ0n) is 10.5. The molecule has 0 atom stereocenters. The van der Waals surface area contributed by atoms with E-state index in [1.807, 2.05) is 60.7 Å². The number of nitrogens with zero attached hydrogens (tertiary/aromatic N) is 2. The molecule has 0 fully saturated rings. The summed E-state index contributed by atoms with van der Waals surface area (Å²) in [6, 6.07) is 19.4. The number of hydrogen-bond donors (Lipinski definition) is 0. The van der Waals surface area contributed by atoms with Crippen molar-refractivity contribution in [3.05, 3.63) is 66.2 Å². The molecule has 3 heteroatoms. The fraction of sp³-hybridized carbons (Fsp3) is 0.125. The minimum Gasteiger partial charge on any atom is -0.292 e. The van der Waals surface area contributed by atoms with Crippen molar-refractivity contribution in [1.82, 2.24) is 0 Å². The Morgan fingerprint density at radius 3 is 2.16 bits per heavy atom. The quantitative estimate of drug-likeness (QED) is 0.802. The Morgan fingerprint density at radius 2 is 1.53 bits per heavy atom. The number of anilines is 1. The van der Waals surface area contributed by atoms with E-state index in [1.54, 1.807) is 4.90 Å². The van der Waals surface area contributed by atoms with Gasteiger partial charge in [0.05, 0.1) is 5.71 Å². The van der Waals surface area contributed by atoms with Gasteiger partial charge in [0.15, 0.2) is 0 Å². The minimum atomic E-state index is -0.184. The lowest BCUT2D eigenvalue weighted by Crippen LogP contribution is -2.35. The molecule has 1 heterocycles. The van der Waals surface area contributed by atoms with Crippen LogP contribution in [0.15, 0.2) is 65.7 Å². The molecule has 0 unspecified atom stereocenters. The first kappa shape index (κ1) is 11.7. The van der Waals surface area contributed by atoms with Crippen molar-refractivity contribution in [2.24, 2.45) is 4.99 Å². The summed E-state index contributed by atoms with van der Waals surface area (Å²) in [5.41, 5.74) is 2.81. The molecule has 0 aliphatic carbocycles. The number of carbonyl (C=O) groups is 1. The molecule has 0 radical (unpaired) electrons. The van der Waals surface area contributed by atoms with Gasteiger partial charge in [-0.25, -0.2) is 4.79 Å². The molecule has 1 aliphatic heterocycles. The second kappa shape index (κ2) is 5.06. The third kappa shape index (κ3) is 2.40. The van der Waals surface area contributed by atoms with E-state index < -0.39 is 0 Å². The Bertz CT molecular complexity index is 605. The Balaban J connectivity index is 1.86. The van der Waals surface area contributed by atoms with Crippen molar-refractivity contribution < 1.29 is 4.79 Å². The number of benzene rings is 2. The lowest BCUT2D eigenvalue weighted by Gasteiger charge is -2.25. The van der Waals surface area contributed by atoms with Crippen molar-refractivity contribution in [3.63, 3.8) is 0 Å². The van der Waals surface area contributed by atoms with Crippen LogP contribution >= 0.6 is 0 Å². The van der Waals surface area contributed by atoms with Gasteiger partial charge in [0.1, 0.15) is 0 Å². The minimum absolute atomic E-state index is 0.184. The Kier molecular flexibility index (Phi) is 3.11. The molecule has 0 saturated carbocycles. The first-order valence-electron chi connectivity index (χ1n) is 6.34. The number of aliphatic imine (C=N–C) groups is 1. The van der Waals surface area contributed by atoms with Crippen LogP contribution in [0.25, 0.3) is 0 Å². The number of carbonyl (C=O) groups excluding carboxylic acids is 1. The molecule has 0 aromatic heterocycles. The molecule has 19 heavy (non-hydrogen) atoms. The van der Waals surface area contributed by atoms with E-state index >= 15 is 0 Å². The maximum absolute atomic E-state index is 12.1. The van der Waals surface area contributed by atoms with E-state index in [1.165, 1.54) is 0 Å². The van der Waals surface area contributed by atoms with Crippen molar-refractivity contribution in [2.75, 3.05) is 11.4 Å². The summed E-state index contributed by atoms with van der Waals surface area (Å²) < 4.78 is 0. The Morgan fingerprint density at radius 1 is 0.895 bits per heavy atom. The normalized spacial score (nSPS) is 15.3. The van der Waals surface area contributed by atoms with E-state index in [4.69, 9.17) is 0 Å². The summed E-state index contributed by atoms with van der Waals surface area (Å²) in [4.78, 5) is 18.0. The van der Waals surface area contributed by atoms with Crippen LogP contribution in [0.5, 0.6) is 0 Å². The number of hydrogen-bond acceptors (Lipinski definition) is 1. The van der Waals surface area contributed by atoms with Crippen LogP contribution in [0.3, 0.4) is 0 Å². The van der Waals surface area contributed by atoms with Crippen LogP contribution in [-0.2, 0) is 0 Å². The molecule has 1 aliphatic rings. The second-order valence-electron chi connectivity index (χ2n) is 4.44. The maximum Gasteiger partial charge on any atom is 0.348 e. The highest BCUT2D eigenvalue weighted by Gasteiger charge is 2.21. The molecule has 0 saturated heterocycles. The lowest BCUT2D eigenvalue weighted by molar-refractivity contribution is 0.253. The van der Waals surface area contributed by atoms with Gasteiger partial charge in [0, 0.05) is 18.7 Å². The van der Waals surface area contributed by atoms with Crippen LogP contribution < -0.4 is 4.90 Å². The summed E-state index contributed by atoms with van der Waals surface area (Å²) in [7, 11) is 0. The molecular formula is C16H14N2O. The van der Waals surface area contributed by atoms with Gasteiger partial charge >= 0.3 is 6.03 Å². The van der Waals surface area contributed by atoms with Crippen LogP contribution in [-0.4, -0.2) is 18.3 Å². The second-order valence-corrected chi connectivity index (χ2v) is 4.44. The summed E-state index contributed by atoms with van der Waals surface area (Å²) in [6.45, 7) is 0.677. The van der Waals surface area contributed by atoms with Gasteiger partial charge in [0.2, 0.25) is 0 Å². The molecular weight excluding hydrogens is 236 g/mol. The molecule has 94 valence electrons. The van der Waals surface area contributed by atoms with Crippen molar-refractivity contribution in [2.45, 2.75) is 6.42 Å². The van der Waals surface area contributed by atoms with Crippen LogP contribution in [0.2, 0.25) is 0 Å². The SMILES string of the molecule is O=C1N=C(c2ccccc2)CCN1c1ccccc1. The summed E-state index contributed by atoms with van der Waals surface area (Å²) in [6.07, 6.45) is 0.782. The smallest absolute Gasteiger partial charge is 0.292 e. The van der Waals surface area contributed by atoms with Gasteiger partial charge in [-0.2, -0.15) is 4.99 Å². The van der Waals surface area contributed by atoms with Gasteiger partial charge in [-0.15, -0.1) is 0 Å². The molecule has 0 spiro atoms. The lowest BCUT2D eigenvalue weighted by atomic mass is 10.1. The van der Waals surface area contributed by atoms with Gasteiger partial charge in [-0.1, -0.05) is 48.5 Å². The molecule has 0 bridgehead atoms. The average molecular weight is 250 g/mol. The predicted octanol–water partition coefficient (Wildman–Crippen LogP) is 3.51. The van der Waals surface area contributed by atoms with E-state index in [0.717, 1.165) is 23.4 Å². The third-order valence-corrected chi connectivity index (χ3v) is 3.21. The number of para-hydroxylation sites is 1. The predicted molar refractivity (Wildman–Crippen MR) is 76.8 cm³/mol. The number of rotatable bonds is 2. The third-order valence-electron chi connectivity index (χ3n) is 3.21. The first-order valence-corrected chi connectivity index (χ1v) is 6.34. The Hall–Kier alpha value is -2.42. The maximum atomic E-state index is 12.1. The van der Waals surface area contributed by atoms with E-state index in [2.05, 4.69) is 4.99 Å².